The quantitative estimate of drug-likeness (QED) is 0.831. The lowest BCUT2D eigenvalue weighted by atomic mass is 10.2. The first-order valence-electron chi connectivity index (χ1n) is 5.82. The van der Waals surface area contributed by atoms with Crippen molar-refractivity contribution in [3.8, 4) is 17.2 Å². The molecule has 0 N–H and O–H groups in total. The third-order valence-corrected chi connectivity index (χ3v) is 3.34. The van der Waals surface area contributed by atoms with Crippen molar-refractivity contribution < 1.29 is 14.2 Å². The van der Waals surface area contributed by atoms with Crippen LogP contribution in [-0.4, -0.2) is 14.2 Å². The van der Waals surface area contributed by atoms with E-state index in [1.807, 2.05) is 42.5 Å². The van der Waals surface area contributed by atoms with Gasteiger partial charge < -0.3 is 14.2 Å². The van der Waals surface area contributed by atoms with E-state index in [9.17, 15) is 0 Å². The highest BCUT2D eigenvalue weighted by atomic mass is 79.9. The van der Waals surface area contributed by atoms with E-state index in [1.54, 1.807) is 14.2 Å². The summed E-state index contributed by atoms with van der Waals surface area (Å²) in [5.74, 6) is 2.37. The Morgan fingerprint density at radius 1 is 0.895 bits per heavy atom. The number of benzene rings is 2. The summed E-state index contributed by atoms with van der Waals surface area (Å²) in [6.07, 6.45) is 0. The molecule has 0 amide bonds. The molecule has 2 rings (SSSR count). The number of halogens is 1. The van der Waals surface area contributed by atoms with Gasteiger partial charge in [0.25, 0.3) is 0 Å². The van der Waals surface area contributed by atoms with E-state index in [4.69, 9.17) is 14.2 Å². The van der Waals surface area contributed by atoms with Gasteiger partial charge in [0.1, 0.15) is 23.9 Å². The van der Waals surface area contributed by atoms with Crippen molar-refractivity contribution in [3.63, 3.8) is 0 Å². The van der Waals surface area contributed by atoms with Gasteiger partial charge in [-0.25, -0.2) is 0 Å². The van der Waals surface area contributed by atoms with E-state index in [-0.39, 0.29) is 0 Å². The third-order valence-electron chi connectivity index (χ3n) is 2.69. The van der Waals surface area contributed by atoms with Crippen LogP contribution in [0.25, 0.3) is 0 Å². The van der Waals surface area contributed by atoms with Crippen LogP contribution in [0, 0.1) is 0 Å². The summed E-state index contributed by atoms with van der Waals surface area (Å²) in [7, 11) is 3.28. The normalized spacial score (nSPS) is 10.1. The average molecular weight is 323 g/mol. The number of hydrogen-bond donors (Lipinski definition) is 0. The Balaban J connectivity index is 2.01. The lowest BCUT2D eigenvalue weighted by molar-refractivity contribution is 0.303. The fourth-order valence-electron chi connectivity index (χ4n) is 1.62. The third kappa shape index (κ3) is 3.64. The van der Waals surface area contributed by atoms with Gasteiger partial charge in [0.2, 0.25) is 0 Å². The van der Waals surface area contributed by atoms with Crippen molar-refractivity contribution in [1.29, 1.82) is 0 Å². The molecule has 0 saturated carbocycles. The molecular formula is C15H15BrO3. The van der Waals surface area contributed by atoms with Gasteiger partial charge in [-0.2, -0.15) is 0 Å². The molecule has 0 unspecified atom stereocenters. The summed E-state index contributed by atoms with van der Waals surface area (Å²) >= 11 is 3.41. The maximum Gasteiger partial charge on any atom is 0.136 e. The van der Waals surface area contributed by atoms with Crippen molar-refractivity contribution in [2.24, 2.45) is 0 Å². The largest absolute Gasteiger partial charge is 0.497 e. The topological polar surface area (TPSA) is 27.7 Å². The molecule has 100 valence electrons. The standard InChI is InChI=1S/C15H15BrO3/c1-17-12-5-3-11(4-6-12)10-19-13-7-8-14(16)15(9-13)18-2/h3-9H,10H2,1-2H3. The van der Waals surface area contributed by atoms with E-state index in [0.717, 1.165) is 27.3 Å². The molecule has 0 saturated heterocycles. The molecule has 0 heterocycles. The van der Waals surface area contributed by atoms with Crippen LogP contribution < -0.4 is 14.2 Å². The summed E-state index contributed by atoms with van der Waals surface area (Å²) in [5, 5.41) is 0. The monoisotopic (exact) mass is 322 g/mol. The van der Waals surface area contributed by atoms with Crippen LogP contribution in [0.1, 0.15) is 5.56 Å². The second-order valence-electron chi connectivity index (χ2n) is 3.93. The Bertz CT molecular complexity index is 538. The molecule has 0 bridgehead atoms. The fourth-order valence-corrected chi connectivity index (χ4v) is 2.03. The van der Waals surface area contributed by atoms with Crippen LogP contribution in [0.2, 0.25) is 0 Å². The molecule has 0 fully saturated rings. The second kappa shape index (κ2) is 6.48. The maximum absolute atomic E-state index is 5.72. The van der Waals surface area contributed by atoms with E-state index >= 15 is 0 Å². The van der Waals surface area contributed by atoms with E-state index in [0.29, 0.717) is 6.61 Å². The summed E-state index contributed by atoms with van der Waals surface area (Å²) in [6.45, 7) is 0.509. The lowest BCUT2D eigenvalue weighted by Gasteiger charge is -2.09. The molecule has 0 aliphatic heterocycles. The highest BCUT2D eigenvalue weighted by Gasteiger charge is 2.03. The average Bonchev–Trinajstić information content (AvgIpc) is 2.47. The highest BCUT2D eigenvalue weighted by molar-refractivity contribution is 9.10. The van der Waals surface area contributed by atoms with Gasteiger partial charge in [0.15, 0.2) is 0 Å². The zero-order valence-corrected chi connectivity index (χ0v) is 12.4. The van der Waals surface area contributed by atoms with Crippen LogP contribution in [0.4, 0.5) is 0 Å². The molecule has 0 aliphatic rings. The van der Waals surface area contributed by atoms with Gasteiger partial charge in [-0.15, -0.1) is 0 Å². The van der Waals surface area contributed by atoms with Crippen molar-refractivity contribution in [3.05, 3.63) is 52.5 Å². The molecular weight excluding hydrogens is 308 g/mol. The van der Waals surface area contributed by atoms with Crippen molar-refractivity contribution >= 4 is 15.9 Å². The zero-order valence-electron chi connectivity index (χ0n) is 10.9. The maximum atomic E-state index is 5.72. The van der Waals surface area contributed by atoms with E-state index < -0.39 is 0 Å². The minimum absolute atomic E-state index is 0.509. The summed E-state index contributed by atoms with van der Waals surface area (Å²) in [5.41, 5.74) is 1.09. The molecule has 19 heavy (non-hydrogen) atoms. The molecule has 4 heteroatoms. The first-order valence-corrected chi connectivity index (χ1v) is 6.61. The van der Waals surface area contributed by atoms with Crippen LogP contribution in [0.5, 0.6) is 17.2 Å². The van der Waals surface area contributed by atoms with Gasteiger partial charge >= 0.3 is 0 Å². The summed E-state index contributed by atoms with van der Waals surface area (Å²) < 4.78 is 17.0. The molecule has 2 aromatic carbocycles. The SMILES string of the molecule is COc1ccc(COc2ccc(Br)c(OC)c2)cc1. The number of hydrogen-bond acceptors (Lipinski definition) is 3. The molecule has 0 radical (unpaired) electrons. The van der Waals surface area contributed by atoms with Gasteiger partial charge in [0, 0.05) is 6.07 Å². The minimum atomic E-state index is 0.509. The number of methoxy groups -OCH3 is 2. The molecule has 0 atom stereocenters. The Kier molecular flexibility index (Phi) is 4.68. The summed E-state index contributed by atoms with van der Waals surface area (Å²) in [4.78, 5) is 0. The first kappa shape index (κ1) is 13.7. The van der Waals surface area contributed by atoms with E-state index in [1.165, 1.54) is 0 Å². The van der Waals surface area contributed by atoms with Gasteiger partial charge in [-0.1, -0.05) is 12.1 Å². The highest BCUT2D eigenvalue weighted by Crippen LogP contribution is 2.29. The molecule has 0 aromatic heterocycles. The first-order chi connectivity index (χ1) is 9.22. The fraction of sp³-hybridized carbons (Fsp3) is 0.200. The van der Waals surface area contributed by atoms with E-state index in [2.05, 4.69) is 15.9 Å². The van der Waals surface area contributed by atoms with Crippen molar-refractivity contribution in [2.75, 3.05) is 14.2 Å². The Hall–Kier alpha value is -1.68. The molecule has 0 spiro atoms. The molecule has 3 nitrogen and oxygen atoms in total. The van der Waals surface area contributed by atoms with Crippen LogP contribution in [0.15, 0.2) is 46.9 Å². The van der Waals surface area contributed by atoms with Gasteiger partial charge in [0.05, 0.1) is 18.7 Å². The Morgan fingerprint density at radius 3 is 2.21 bits per heavy atom. The van der Waals surface area contributed by atoms with Crippen LogP contribution >= 0.6 is 15.9 Å². The van der Waals surface area contributed by atoms with Crippen LogP contribution in [0.3, 0.4) is 0 Å². The molecule has 0 aliphatic carbocycles. The minimum Gasteiger partial charge on any atom is -0.497 e. The summed E-state index contributed by atoms with van der Waals surface area (Å²) in [6, 6.07) is 13.5. The van der Waals surface area contributed by atoms with Crippen molar-refractivity contribution in [1.82, 2.24) is 0 Å². The number of ether oxygens (including phenoxy) is 3. The number of rotatable bonds is 5. The van der Waals surface area contributed by atoms with Gasteiger partial charge in [-0.05, 0) is 45.8 Å². The Labute approximate surface area is 121 Å². The predicted molar refractivity (Wildman–Crippen MR) is 78.0 cm³/mol. The predicted octanol–water partition coefficient (Wildman–Crippen LogP) is 4.05. The second-order valence-corrected chi connectivity index (χ2v) is 4.79. The van der Waals surface area contributed by atoms with Gasteiger partial charge in [-0.3, -0.25) is 0 Å². The van der Waals surface area contributed by atoms with Crippen LogP contribution in [-0.2, 0) is 6.61 Å². The smallest absolute Gasteiger partial charge is 0.136 e. The zero-order chi connectivity index (χ0) is 13.7. The Morgan fingerprint density at radius 2 is 1.58 bits per heavy atom. The van der Waals surface area contributed by atoms with Crippen molar-refractivity contribution in [2.45, 2.75) is 6.61 Å². The molecule has 2 aromatic rings. The lowest BCUT2D eigenvalue weighted by Crippen LogP contribution is -1.96.